The second-order valence-corrected chi connectivity index (χ2v) is 7.91. The molecule has 1 aliphatic heterocycles. The van der Waals surface area contributed by atoms with Gasteiger partial charge in [0, 0.05) is 54.4 Å². The summed E-state index contributed by atoms with van der Waals surface area (Å²) in [6.45, 7) is 4.99. The molecule has 1 N–H and O–H groups in total. The van der Waals surface area contributed by atoms with Crippen LogP contribution in [-0.2, 0) is 9.59 Å². The van der Waals surface area contributed by atoms with Crippen molar-refractivity contribution in [1.82, 2.24) is 9.88 Å². The van der Waals surface area contributed by atoms with Gasteiger partial charge in [0.1, 0.15) is 0 Å². The predicted molar refractivity (Wildman–Crippen MR) is 121 cm³/mol. The van der Waals surface area contributed by atoms with Crippen LogP contribution in [0.4, 0.5) is 5.69 Å². The number of hydrogen-bond acceptors (Lipinski definition) is 2. The Morgan fingerprint density at radius 1 is 1.07 bits per heavy atom. The largest absolute Gasteiger partial charge is 0.359 e. The second-order valence-electron chi connectivity index (χ2n) is 7.91. The Labute approximate surface area is 177 Å². The molecule has 5 heteroatoms. The Morgan fingerprint density at radius 3 is 2.50 bits per heavy atom. The molecule has 154 valence electrons. The molecule has 0 aliphatic carbocycles. The number of H-pyrrole nitrogens is 1. The third-order valence-electron chi connectivity index (χ3n) is 5.75. The van der Waals surface area contributed by atoms with Gasteiger partial charge in [0.05, 0.1) is 0 Å². The number of nitrogens with one attached hydrogen (secondary N) is 1. The summed E-state index contributed by atoms with van der Waals surface area (Å²) in [5.41, 5.74) is 4.05. The number of aryl methyl sites for hydroxylation is 1. The lowest BCUT2D eigenvalue weighted by Gasteiger charge is -2.38. The van der Waals surface area contributed by atoms with E-state index in [0.717, 1.165) is 40.7 Å². The highest BCUT2D eigenvalue weighted by Crippen LogP contribution is 2.28. The van der Waals surface area contributed by atoms with Crippen LogP contribution in [0.1, 0.15) is 31.0 Å². The van der Waals surface area contributed by atoms with Gasteiger partial charge in [-0.15, -0.1) is 0 Å². The summed E-state index contributed by atoms with van der Waals surface area (Å²) in [6, 6.07) is 18.1. The van der Waals surface area contributed by atoms with Gasteiger partial charge in [-0.2, -0.15) is 0 Å². The minimum absolute atomic E-state index is 0.0354. The number of rotatable bonds is 4. The van der Waals surface area contributed by atoms with Crippen LogP contribution in [-0.4, -0.2) is 40.8 Å². The molecule has 0 spiro atoms. The lowest BCUT2D eigenvalue weighted by molar-refractivity contribution is -0.129. The van der Waals surface area contributed by atoms with E-state index < -0.39 is 0 Å². The number of carbonyl (C=O) groups excluding carboxylic acids is 2. The Hall–Kier alpha value is -3.34. The molecule has 5 nitrogen and oxygen atoms in total. The highest BCUT2D eigenvalue weighted by atomic mass is 16.2. The normalized spacial score (nSPS) is 15.1. The number of hydrogen-bond donors (Lipinski definition) is 1. The maximum Gasteiger partial charge on any atom is 0.251 e. The van der Waals surface area contributed by atoms with Crippen LogP contribution in [0.25, 0.3) is 17.0 Å². The molecule has 1 aliphatic rings. The van der Waals surface area contributed by atoms with E-state index in [0.29, 0.717) is 13.1 Å². The molecule has 0 saturated carbocycles. The third-order valence-corrected chi connectivity index (χ3v) is 5.75. The van der Waals surface area contributed by atoms with Crippen molar-refractivity contribution in [3.63, 3.8) is 0 Å². The minimum atomic E-state index is -0.0354. The van der Waals surface area contributed by atoms with Gasteiger partial charge < -0.3 is 14.8 Å². The van der Waals surface area contributed by atoms with E-state index in [4.69, 9.17) is 0 Å². The molecule has 1 aromatic heterocycles. The van der Waals surface area contributed by atoms with Gasteiger partial charge >= 0.3 is 0 Å². The molecule has 2 aromatic carbocycles. The van der Waals surface area contributed by atoms with Gasteiger partial charge in [0.2, 0.25) is 5.91 Å². The fourth-order valence-electron chi connectivity index (χ4n) is 4.18. The molecule has 0 unspecified atom stereocenters. The van der Waals surface area contributed by atoms with Crippen LogP contribution in [0.3, 0.4) is 0 Å². The Balaban J connectivity index is 1.64. The molecule has 1 saturated heterocycles. The molecule has 3 aromatic rings. The van der Waals surface area contributed by atoms with Gasteiger partial charge in [0.25, 0.3) is 5.91 Å². The van der Waals surface area contributed by atoms with Crippen LogP contribution < -0.4 is 4.90 Å². The Kier molecular flexibility index (Phi) is 5.70. The molecule has 4 rings (SSSR count). The van der Waals surface area contributed by atoms with Crippen molar-refractivity contribution in [2.24, 2.45) is 0 Å². The number of anilines is 1. The highest BCUT2D eigenvalue weighted by Gasteiger charge is 2.29. The average molecular weight is 402 g/mol. The van der Waals surface area contributed by atoms with Crippen molar-refractivity contribution in [2.75, 3.05) is 18.0 Å². The fourth-order valence-corrected chi connectivity index (χ4v) is 4.18. The zero-order chi connectivity index (χ0) is 21.1. The van der Waals surface area contributed by atoms with Crippen LogP contribution >= 0.6 is 0 Å². The van der Waals surface area contributed by atoms with E-state index in [2.05, 4.69) is 17.1 Å². The first-order chi connectivity index (χ1) is 14.5. The van der Waals surface area contributed by atoms with Gasteiger partial charge in [-0.05, 0) is 55.7 Å². The van der Waals surface area contributed by atoms with Crippen LogP contribution in [0.2, 0.25) is 0 Å². The van der Waals surface area contributed by atoms with E-state index in [1.54, 1.807) is 13.0 Å². The molecule has 2 amide bonds. The summed E-state index contributed by atoms with van der Waals surface area (Å²) in [5.74, 6) is 0.0613. The topological polar surface area (TPSA) is 56.4 Å². The number of benzene rings is 2. The first kappa shape index (κ1) is 20.0. The number of likely N-dealkylation sites (tertiary alicyclic amines) is 1. The summed E-state index contributed by atoms with van der Waals surface area (Å²) in [7, 11) is 0. The molecule has 1 fully saturated rings. The monoisotopic (exact) mass is 401 g/mol. The van der Waals surface area contributed by atoms with Gasteiger partial charge in [-0.1, -0.05) is 30.3 Å². The standard InChI is InChI=1S/C25H27N3O2/c1-18-16-21-17-23(9-10-24(21)26-18)28(22-12-14-27(15-13-22)19(2)29)25(30)11-8-20-6-4-3-5-7-20/h3-11,16-17,22,26H,12-15H2,1-2H3/b11-8+. The maximum atomic E-state index is 13.3. The van der Waals surface area contributed by atoms with E-state index >= 15 is 0 Å². The summed E-state index contributed by atoms with van der Waals surface area (Å²) in [6.07, 6.45) is 5.06. The summed E-state index contributed by atoms with van der Waals surface area (Å²) in [5, 5.41) is 1.09. The van der Waals surface area contributed by atoms with Crippen LogP contribution in [0, 0.1) is 6.92 Å². The van der Waals surface area contributed by atoms with Crippen LogP contribution in [0.15, 0.2) is 60.7 Å². The second kappa shape index (κ2) is 8.57. The van der Waals surface area contributed by atoms with Crippen molar-refractivity contribution in [2.45, 2.75) is 32.7 Å². The summed E-state index contributed by atoms with van der Waals surface area (Å²) < 4.78 is 0. The van der Waals surface area contributed by atoms with Crippen molar-refractivity contribution in [3.8, 4) is 0 Å². The molecule has 0 bridgehead atoms. The first-order valence-electron chi connectivity index (χ1n) is 10.4. The van der Waals surface area contributed by atoms with Gasteiger partial charge in [-0.3, -0.25) is 9.59 Å². The Morgan fingerprint density at radius 2 is 1.80 bits per heavy atom. The van der Waals surface area contributed by atoms with Crippen LogP contribution in [0.5, 0.6) is 0 Å². The number of aromatic nitrogens is 1. The number of fused-ring (bicyclic) bond motifs is 1. The van der Waals surface area contributed by atoms with E-state index in [9.17, 15) is 9.59 Å². The SMILES string of the molecule is CC(=O)N1CCC(N(C(=O)/C=C/c2ccccc2)c2ccc3[nH]c(C)cc3c2)CC1. The molecule has 0 atom stereocenters. The lowest BCUT2D eigenvalue weighted by atomic mass is 10.0. The quantitative estimate of drug-likeness (QED) is 0.653. The van der Waals surface area contributed by atoms with E-state index in [1.165, 1.54) is 0 Å². The highest BCUT2D eigenvalue weighted by molar-refractivity contribution is 6.05. The third kappa shape index (κ3) is 4.30. The van der Waals surface area contributed by atoms with Gasteiger partial charge in [0.15, 0.2) is 0 Å². The Bertz CT molecular complexity index is 1080. The molecule has 30 heavy (non-hydrogen) atoms. The predicted octanol–water partition coefficient (Wildman–Crippen LogP) is 4.53. The number of aromatic amines is 1. The zero-order valence-corrected chi connectivity index (χ0v) is 17.5. The summed E-state index contributed by atoms with van der Waals surface area (Å²) in [4.78, 5) is 32.1. The van der Waals surface area contributed by atoms with Crippen molar-refractivity contribution in [3.05, 3.63) is 71.9 Å². The number of carbonyl (C=O) groups is 2. The molecule has 2 heterocycles. The molecular weight excluding hydrogens is 374 g/mol. The number of piperidine rings is 1. The average Bonchev–Trinajstić information content (AvgIpc) is 3.13. The maximum absolute atomic E-state index is 13.3. The smallest absolute Gasteiger partial charge is 0.251 e. The van der Waals surface area contributed by atoms with E-state index in [1.807, 2.05) is 65.3 Å². The van der Waals surface area contributed by atoms with Crippen molar-refractivity contribution >= 4 is 34.5 Å². The first-order valence-corrected chi connectivity index (χ1v) is 10.4. The zero-order valence-electron chi connectivity index (χ0n) is 17.5. The van der Waals surface area contributed by atoms with Crippen molar-refractivity contribution in [1.29, 1.82) is 0 Å². The molecule has 0 radical (unpaired) electrons. The van der Waals surface area contributed by atoms with E-state index in [-0.39, 0.29) is 17.9 Å². The fraction of sp³-hybridized carbons (Fsp3) is 0.280. The number of amides is 2. The number of nitrogens with zero attached hydrogens (tertiary/aromatic N) is 2. The van der Waals surface area contributed by atoms with Crippen molar-refractivity contribution < 1.29 is 9.59 Å². The summed E-state index contributed by atoms with van der Waals surface area (Å²) >= 11 is 0. The van der Waals surface area contributed by atoms with Gasteiger partial charge in [-0.25, -0.2) is 0 Å². The minimum Gasteiger partial charge on any atom is -0.359 e. The molecular formula is C25H27N3O2. The lowest BCUT2D eigenvalue weighted by Crippen LogP contribution is -2.48.